The minimum Gasteiger partial charge on any atom is -0.493 e. The molecule has 1 aliphatic heterocycles. The molecule has 0 amide bonds. The van der Waals surface area contributed by atoms with E-state index < -0.39 is 0 Å². The van der Waals surface area contributed by atoms with Gasteiger partial charge < -0.3 is 24.4 Å². The van der Waals surface area contributed by atoms with E-state index in [1.54, 1.807) is 25.5 Å². The van der Waals surface area contributed by atoms with Crippen LogP contribution in [0.1, 0.15) is 12.5 Å². The molecule has 1 aromatic heterocycles. The molecule has 2 heterocycles. The Kier molecular flexibility index (Phi) is 7.66. The van der Waals surface area contributed by atoms with Crippen LogP contribution in [0.15, 0.2) is 47.6 Å². The first-order valence-corrected chi connectivity index (χ1v) is 10.9. The summed E-state index contributed by atoms with van der Waals surface area (Å²) in [4.78, 5) is 15.4. The van der Waals surface area contributed by atoms with Crippen molar-refractivity contribution in [3.8, 4) is 11.5 Å². The molecule has 178 valence electrons. The molecule has 0 saturated carbocycles. The molecule has 1 aliphatic rings. The number of hydrazone groups is 1. The van der Waals surface area contributed by atoms with Crippen LogP contribution in [-0.4, -0.2) is 61.2 Å². The molecule has 1 fully saturated rings. The molecular weight excluding hydrogens is 441 g/mol. The van der Waals surface area contributed by atoms with E-state index in [1.807, 2.05) is 30.0 Å². The normalized spacial score (nSPS) is 13.7. The molecule has 0 aliphatic carbocycles. The first-order chi connectivity index (χ1) is 16.6. The summed E-state index contributed by atoms with van der Waals surface area (Å²) in [5.74, 6) is 2.02. The number of anilines is 4. The third-order valence-corrected chi connectivity index (χ3v) is 4.88. The zero-order valence-corrected chi connectivity index (χ0v) is 19.0. The first kappa shape index (κ1) is 23.2. The zero-order valence-electron chi connectivity index (χ0n) is 19.0. The molecular formula is C23H26FN7O3. The lowest BCUT2D eigenvalue weighted by Gasteiger charge is -2.27. The summed E-state index contributed by atoms with van der Waals surface area (Å²) in [6, 6.07) is 11.5. The van der Waals surface area contributed by atoms with Gasteiger partial charge in [-0.05, 0) is 55.0 Å². The maximum Gasteiger partial charge on any atom is 0.250 e. The molecule has 1 saturated heterocycles. The van der Waals surface area contributed by atoms with Crippen LogP contribution in [0.25, 0.3) is 0 Å². The predicted octanol–water partition coefficient (Wildman–Crippen LogP) is 3.44. The third kappa shape index (κ3) is 6.07. The molecule has 0 radical (unpaired) electrons. The lowest BCUT2D eigenvalue weighted by atomic mass is 10.2. The van der Waals surface area contributed by atoms with Gasteiger partial charge in [0.2, 0.25) is 17.8 Å². The quantitative estimate of drug-likeness (QED) is 0.361. The highest BCUT2D eigenvalue weighted by atomic mass is 19.1. The van der Waals surface area contributed by atoms with Gasteiger partial charge in [-0.2, -0.15) is 20.1 Å². The van der Waals surface area contributed by atoms with Crippen LogP contribution >= 0.6 is 0 Å². The fourth-order valence-corrected chi connectivity index (χ4v) is 3.24. The van der Waals surface area contributed by atoms with E-state index in [2.05, 4.69) is 30.8 Å². The average Bonchev–Trinajstić information content (AvgIpc) is 2.87. The Morgan fingerprint density at radius 2 is 1.82 bits per heavy atom. The van der Waals surface area contributed by atoms with Gasteiger partial charge in [-0.3, -0.25) is 0 Å². The van der Waals surface area contributed by atoms with Crippen molar-refractivity contribution < 1.29 is 18.6 Å². The second-order valence-electron chi connectivity index (χ2n) is 7.23. The van der Waals surface area contributed by atoms with Crippen molar-refractivity contribution in [3.05, 3.63) is 53.8 Å². The molecule has 0 unspecified atom stereocenters. The molecule has 2 aromatic carbocycles. The highest BCUT2D eigenvalue weighted by Gasteiger charge is 2.17. The van der Waals surface area contributed by atoms with Crippen LogP contribution in [-0.2, 0) is 4.74 Å². The number of morpholine rings is 1. The Bertz CT molecular complexity index is 1120. The van der Waals surface area contributed by atoms with Crippen LogP contribution in [0, 0.1) is 5.82 Å². The fraction of sp³-hybridized carbons (Fsp3) is 0.304. The molecule has 2 N–H and O–H groups in total. The van der Waals surface area contributed by atoms with E-state index >= 15 is 0 Å². The van der Waals surface area contributed by atoms with Crippen LogP contribution in [0.3, 0.4) is 0 Å². The van der Waals surface area contributed by atoms with Crippen molar-refractivity contribution in [2.24, 2.45) is 5.10 Å². The lowest BCUT2D eigenvalue weighted by Crippen LogP contribution is -2.37. The van der Waals surface area contributed by atoms with Crippen LogP contribution in [0.4, 0.5) is 27.9 Å². The number of nitrogens with one attached hydrogen (secondary N) is 2. The number of halogens is 1. The summed E-state index contributed by atoms with van der Waals surface area (Å²) in [5.41, 5.74) is 4.32. The summed E-state index contributed by atoms with van der Waals surface area (Å²) in [6.07, 6.45) is 1.63. The van der Waals surface area contributed by atoms with Gasteiger partial charge in [0.05, 0.1) is 33.1 Å². The van der Waals surface area contributed by atoms with Gasteiger partial charge in [0, 0.05) is 18.8 Å². The largest absolute Gasteiger partial charge is 0.493 e. The number of aromatic nitrogens is 3. The van der Waals surface area contributed by atoms with Crippen molar-refractivity contribution in [2.45, 2.75) is 6.92 Å². The molecule has 10 nitrogen and oxygen atoms in total. The Labute approximate surface area is 196 Å². The van der Waals surface area contributed by atoms with Crippen molar-refractivity contribution in [3.63, 3.8) is 0 Å². The molecule has 0 bridgehead atoms. The highest BCUT2D eigenvalue weighted by Crippen LogP contribution is 2.27. The first-order valence-electron chi connectivity index (χ1n) is 10.9. The second-order valence-corrected chi connectivity index (χ2v) is 7.23. The zero-order chi connectivity index (χ0) is 23.8. The van der Waals surface area contributed by atoms with Gasteiger partial charge >= 0.3 is 0 Å². The minimum absolute atomic E-state index is 0.259. The SMILES string of the molecule is CCOc1ccc(C=NNc2nc(Nc3ccc(F)cc3)nc(N3CCOCC3)n2)cc1OC. The van der Waals surface area contributed by atoms with Gasteiger partial charge in [0.15, 0.2) is 11.5 Å². The fourth-order valence-electron chi connectivity index (χ4n) is 3.24. The molecule has 0 spiro atoms. The van der Waals surface area contributed by atoms with E-state index in [0.717, 1.165) is 5.56 Å². The predicted molar refractivity (Wildman–Crippen MR) is 128 cm³/mol. The van der Waals surface area contributed by atoms with E-state index in [1.165, 1.54) is 12.1 Å². The van der Waals surface area contributed by atoms with Gasteiger partial charge in [-0.15, -0.1) is 0 Å². The highest BCUT2D eigenvalue weighted by molar-refractivity contribution is 5.81. The number of rotatable bonds is 9. The summed E-state index contributed by atoms with van der Waals surface area (Å²) in [7, 11) is 1.59. The number of methoxy groups -OCH3 is 1. The van der Waals surface area contributed by atoms with E-state index in [9.17, 15) is 4.39 Å². The van der Waals surface area contributed by atoms with Gasteiger partial charge in [-0.1, -0.05) is 0 Å². The van der Waals surface area contributed by atoms with E-state index in [4.69, 9.17) is 14.2 Å². The van der Waals surface area contributed by atoms with Crippen molar-refractivity contribution in [2.75, 3.05) is 55.7 Å². The van der Waals surface area contributed by atoms with Gasteiger partial charge in [-0.25, -0.2) is 9.82 Å². The maximum absolute atomic E-state index is 13.3. The smallest absolute Gasteiger partial charge is 0.250 e. The third-order valence-electron chi connectivity index (χ3n) is 4.88. The maximum atomic E-state index is 13.3. The average molecular weight is 468 g/mol. The number of hydrogen-bond donors (Lipinski definition) is 2. The summed E-state index contributed by atoms with van der Waals surface area (Å²) < 4.78 is 29.6. The Hall–Kier alpha value is -3.99. The summed E-state index contributed by atoms with van der Waals surface area (Å²) in [6.45, 7) is 4.96. The Morgan fingerprint density at radius 1 is 1.06 bits per heavy atom. The van der Waals surface area contributed by atoms with Gasteiger partial charge in [0.25, 0.3) is 0 Å². The van der Waals surface area contributed by atoms with E-state index in [0.29, 0.717) is 62.0 Å². The van der Waals surface area contributed by atoms with Crippen LogP contribution in [0.5, 0.6) is 11.5 Å². The molecule has 11 heteroatoms. The lowest BCUT2D eigenvalue weighted by molar-refractivity contribution is 0.122. The standard InChI is InChI=1S/C23H26FN7O3/c1-3-34-19-9-4-16(14-20(19)32-2)15-25-30-22-27-21(26-18-7-5-17(24)6-8-18)28-23(29-22)31-10-12-33-13-11-31/h4-9,14-15H,3,10-13H2,1-2H3,(H2,26,27,28,29,30). The van der Waals surface area contributed by atoms with Gasteiger partial charge in [0.1, 0.15) is 5.82 Å². The monoisotopic (exact) mass is 467 g/mol. The molecule has 34 heavy (non-hydrogen) atoms. The van der Waals surface area contributed by atoms with Crippen LogP contribution < -0.4 is 25.1 Å². The van der Waals surface area contributed by atoms with E-state index in [-0.39, 0.29) is 11.8 Å². The Balaban J connectivity index is 1.54. The van der Waals surface area contributed by atoms with Crippen molar-refractivity contribution in [1.82, 2.24) is 15.0 Å². The molecule has 4 rings (SSSR count). The van der Waals surface area contributed by atoms with Crippen molar-refractivity contribution in [1.29, 1.82) is 0 Å². The minimum atomic E-state index is -0.321. The Morgan fingerprint density at radius 3 is 2.56 bits per heavy atom. The number of nitrogens with zero attached hydrogens (tertiary/aromatic N) is 5. The number of benzene rings is 2. The van der Waals surface area contributed by atoms with Crippen molar-refractivity contribution >= 4 is 29.7 Å². The molecule has 3 aromatic rings. The summed E-state index contributed by atoms with van der Waals surface area (Å²) in [5, 5.41) is 7.35. The number of hydrogen-bond acceptors (Lipinski definition) is 10. The van der Waals surface area contributed by atoms with Crippen LogP contribution in [0.2, 0.25) is 0 Å². The second kappa shape index (κ2) is 11.2. The summed E-state index contributed by atoms with van der Waals surface area (Å²) >= 11 is 0. The topological polar surface area (TPSA) is 106 Å². The number of ether oxygens (including phenoxy) is 3. The molecule has 0 atom stereocenters.